The van der Waals surface area contributed by atoms with Crippen LogP contribution in [0.25, 0.3) is 0 Å². The first kappa shape index (κ1) is 11.3. The molecule has 3 nitrogen and oxygen atoms in total. The molecule has 0 aliphatic carbocycles. The van der Waals surface area contributed by atoms with E-state index in [0.29, 0.717) is 12.3 Å². The van der Waals surface area contributed by atoms with Gasteiger partial charge in [0.15, 0.2) is 0 Å². The van der Waals surface area contributed by atoms with E-state index >= 15 is 0 Å². The Balaban J connectivity index is 2.81. The highest BCUT2D eigenvalue weighted by Crippen LogP contribution is 2.22. The molecule has 0 N–H and O–H groups in total. The molecule has 0 aliphatic heterocycles. The zero-order valence-corrected chi connectivity index (χ0v) is 9.89. The molecule has 0 saturated carbocycles. The van der Waals surface area contributed by atoms with Crippen molar-refractivity contribution in [2.24, 2.45) is 0 Å². The monoisotopic (exact) mass is 212 g/mol. The van der Waals surface area contributed by atoms with Crippen molar-refractivity contribution in [1.29, 1.82) is 0 Å². The highest BCUT2D eigenvalue weighted by Gasteiger charge is 2.18. The van der Waals surface area contributed by atoms with Crippen molar-refractivity contribution in [2.45, 2.75) is 46.0 Å². The van der Waals surface area contributed by atoms with Gasteiger partial charge in [-0.15, -0.1) is 0 Å². The first-order chi connectivity index (χ1) is 6.56. The minimum atomic E-state index is -0.0926. The quantitative estimate of drug-likeness (QED) is 0.770. The lowest BCUT2D eigenvalue weighted by Crippen LogP contribution is -2.07. The molecule has 0 spiro atoms. The summed E-state index contributed by atoms with van der Waals surface area (Å²) in [4.78, 5) is 15.8. The minimum Gasteiger partial charge on any atom is -0.299 e. The minimum absolute atomic E-state index is 0.0926. The Morgan fingerprint density at radius 2 is 2.07 bits per heavy atom. The predicted octanol–water partition coefficient (Wildman–Crippen LogP) is 2.74. The van der Waals surface area contributed by atoms with E-state index in [1.807, 2.05) is 13.8 Å². The van der Waals surface area contributed by atoms with Gasteiger partial charge in [0.1, 0.15) is 16.6 Å². The maximum atomic E-state index is 11.4. The molecule has 4 heteroatoms. The maximum absolute atomic E-state index is 11.4. The van der Waals surface area contributed by atoms with Crippen molar-refractivity contribution < 1.29 is 4.79 Å². The molecule has 1 aromatic rings. The lowest BCUT2D eigenvalue weighted by molar-refractivity contribution is -0.119. The molecule has 0 aliphatic rings. The van der Waals surface area contributed by atoms with Gasteiger partial charge in [-0.05, 0) is 18.5 Å². The highest BCUT2D eigenvalue weighted by molar-refractivity contribution is 7.05. The van der Waals surface area contributed by atoms with E-state index < -0.39 is 0 Å². The lowest BCUT2D eigenvalue weighted by atomic mass is 10.1. The fraction of sp³-hybridized carbons (Fsp3) is 0.700. The number of ketones is 1. The van der Waals surface area contributed by atoms with Crippen LogP contribution in [0.15, 0.2) is 0 Å². The lowest BCUT2D eigenvalue weighted by Gasteiger charge is -2.03. The van der Waals surface area contributed by atoms with E-state index in [9.17, 15) is 4.79 Å². The summed E-state index contributed by atoms with van der Waals surface area (Å²) in [5.74, 6) is 1.33. The van der Waals surface area contributed by atoms with Crippen LogP contribution in [0.3, 0.4) is 0 Å². The number of rotatable bonds is 4. The third kappa shape index (κ3) is 2.38. The molecule has 0 radical (unpaired) electrons. The number of aromatic nitrogens is 2. The summed E-state index contributed by atoms with van der Waals surface area (Å²) in [6.07, 6.45) is 0.567. The zero-order chi connectivity index (χ0) is 10.7. The molecular weight excluding hydrogens is 196 g/mol. The van der Waals surface area contributed by atoms with Gasteiger partial charge in [-0.2, -0.15) is 4.37 Å². The normalized spacial score (nSPS) is 13.2. The van der Waals surface area contributed by atoms with E-state index in [1.165, 1.54) is 11.5 Å². The van der Waals surface area contributed by atoms with Crippen molar-refractivity contribution in [3.05, 3.63) is 10.8 Å². The number of nitrogens with zero attached hydrogens (tertiary/aromatic N) is 2. The fourth-order valence-electron chi connectivity index (χ4n) is 1.10. The maximum Gasteiger partial charge on any atom is 0.145 e. The summed E-state index contributed by atoms with van der Waals surface area (Å²) in [6.45, 7) is 7.88. The van der Waals surface area contributed by atoms with Gasteiger partial charge < -0.3 is 0 Å². The number of hydrogen-bond acceptors (Lipinski definition) is 4. The van der Waals surface area contributed by atoms with Gasteiger partial charge in [-0.3, -0.25) is 4.79 Å². The van der Waals surface area contributed by atoms with Crippen LogP contribution >= 0.6 is 11.5 Å². The Hall–Kier alpha value is -0.770. The number of carbonyl (C=O) groups excluding carboxylic acids is 1. The Kier molecular flexibility index (Phi) is 3.75. The van der Waals surface area contributed by atoms with Gasteiger partial charge in [0.25, 0.3) is 0 Å². The molecular formula is C10H16N2OS. The van der Waals surface area contributed by atoms with E-state index in [-0.39, 0.29) is 11.7 Å². The Bertz CT molecular complexity index is 320. The van der Waals surface area contributed by atoms with Gasteiger partial charge >= 0.3 is 0 Å². The van der Waals surface area contributed by atoms with Crippen LogP contribution in [-0.2, 0) is 4.79 Å². The smallest absolute Gasteiger partial charge is 0.145 e. The Morgan fingerprint density at radius 3 is 2.50 bits per heavy atom. The van der Waals surface area contributed by atoms with Crippen molar-refractivity contribution in [3.63, 3.8) is 0 Å². The molecule has 1 atom stereocenters. The van der Waals surface area contributed by atoms with Gasteiger partial charge in [-0.1, -0.05) is 20.8 Å². The van der Waals surface area contributed by atoms with E-state index in [2.05, 4.69) is 23.2 Å². The van der Waals surface area contributed by atoms with Gasteiger partial charge in [-0.25, -0.2) is 4.98 Å². The summed E-state index contributed by atoms with van der Waals surface area (Å²) in [5.41, 5.74) is 0. The van der Waals surface area contributed by atoms with Crippen LogP contribution in [0.4, 0.5) is 0 Å². The Morgan fingerprint density at radius 1 is 1.43 bits per heavy atom. The van der Waals surface area contributed by atoms with Crippen LogP contribution < -0.4 is 0 Å². The molecule has 0 saturated heterocycles. The summed E-state index contributed by atoms with van der Waals surface area (Å²) >= 11 is 1.35. The average Bonchev–Trinajstić information content (AvgIpc) is 2.64. The molecule has 0 aromatic carbocycles. The zero-order valence-electron chi connectivity index (χ0n) is 9.07. The molecule has 1 unspecified atom stereocenters. The average molecular weight is 212 g/mol. The summed E-state index contributed by atoms with van der Waals surface area (Å²) in [7, 11) is 0. The number of carbonyl (C=O) groups is 1. The standard InChI is InChI=1S/C10H16N2OS/c1-5-8(13)7(4)10-11-9(6(2)3)12-14-10/h6-7H,5H2,1-4H3. The predicted molar refractivity (Wildman–Crippen MR) is 57.7 cm³/mol. The molecule has 14 heavy (non-hydrogen) atoms. The van der Waals surface area contributed by atoms with Crippen LogP contribution in [-0.4, -0.2) is 15.1 Å². The molecule has 0 amide bonds. The second kappa shape index (κ2) is 4.64. The van der Waals surface area contributed by atoms with Crippen molar-refractivity contribution in [3.8, 4) is 0 Å². The first-order valence-corrected chi connectivity index (χ1v) is 5.69. The molecule has 1 aromatic heterocycles. The SMILES string of the molecule is CCC(=O)C(C)c1nc(C(C)C)ns1. The molecule has 78 valence electrons. The third-order valence-electron chi connectivity index (χ3n) is 2.18. The van der Waals surface area contributed by atoms with Crippen molar-refractivity contribution in [1.82, 2.24) is 9.36 Å². The van der Waals surface area contributed by atoms with E-state index in [1.54, 1.807) is 0 Å². The van der Waals surface area contributed by atoms with E-state index in [4.69, 9.17) is 0 Å². The van der Waals surface area contributed by atoms with E-state index in [0.717, 1.165) is 10.8 Å². The second-order valence-electron chi connectivity index (χ2n) is 3.69. The topological polar surface area (TPSA) is 42.9 Å². The number of Topliss-reactive ketones (excluding diaryl/α,β-unsaturated/α-hetero) is 1. The first-order valence-electron chi connectivity index (χ1n) is 4.92. The summed E-state index contributed by atoms with van der Waals surface area (Å²) in [6, 6.07) is 0. The van der Waals surface area contributed by atoms with Crippen molar-refractivity contribution >= 4 is 17.3 Å². The van der Waals surface area contributed by atoms with Gasteiger partial charge in [0, 0.05) is 12.3 Å². The fourth-order valence-corrected chi connectivity index (χ4v) is 1.96. The van der Waals surface area contributed by atoms with Crippen molar-refractivity contribution in [2.75, 3.05) is 0 Å². The molecule has 1 heterocycles. The summed E-state index contributed by atoms with van der Waals surface area (Å²) in [5, 5.41) is 0.848. The summed E-state index contributed by atoms with van der Waals surface area (Å²) < 4.78 is 4.23. The molecule has 0 fully saturated rings. The molecule has 1 rings (SSSR count). The van der Waals surface area contributed by atoms with Gasteiger partial charge in [0.05, 0.1) is 5.92 Å². The largest absolute Gasteiger partial charge is 0.299 e. The highest BCUT2D eigenvalue weighted by atomic mass is 32.1. The Labute approximate surface area is 88.7 Å². The van der Waals surface area contributed by atoms with Crippen LogP contribution in [0, 0.1) is 0 Å². The van der Waals surface area contributed by atoms with Crippen LogP contribution in [0.1, 0.15) is 56.8 Å². The van der Waals surface area contributed by atoms with Gasteiger partial charge in [0.2, 0.25) is 0 Å². The third-order valence-corrected chi connectivity index (χ3v) is 3.09. The second-order valence-corrected chi connectivity index (χ2v) is 4.47. The number of hydrogen-bond donors (Lipinski definition) is 0. The molecule has 0 bridgehead atoms. The van der Waals surface area contributed by atoms with Crippen LogP contribution in [0.2, 0.25) is 0 Å². The van der Waals surface area contributed by atoms with Crippen LogP contribution in [0.5, 0.6) is 0 Å².